The van der Waals surface area contributed by atoms with Gasteiger partial charge in [0.2, 0.25) is 0 Å². The molecule has 1 aliphatic rings. The highest BCUT2D eigenvalue weighted by atomic mass is 32.2. The number of amides is 1. The summed E-state index contributed by atoms with van der Waals surface area (Å²) in [5, 5.41) is 3.91. The lowest BCUT2D eigenvalue weighted by atomic mass is 9.91. The van der Waals surface area contributed by atoms with Gasteiger partial charge in [0.1, 0.15) is 5.76 Å². The SMILES string of the molecule is Cc1cc(CSc2ccccc2C(=O)N2CC(C)CC(C)C2)on1. The Hall–Kier alpha value is -1.75. The summed E-state index contributed by atoms with van der Waals surface area (Å²) in [6.07, 6.45) is 1.20. The van der Waals surface area contributed by atoms with E-state index in [-0.39, 0.29) is 5.91 Å². The van der Waals surface area contributed by atoms with Crippen LogP contribution < -0.4 is 0 Å². The van der Waals surface area contributed by atoms with Crippen LogP contribution in [0.4, 0.5) is 0 Å². The van der Waals surface area contributed by atoms with Gasteiger partial charge in [0.25, 0.3) is 5.91 Å². The van der Waals surface area contributed by atoms with Gasteiger partial charge in [-0.25, -0.2) is 0 Å². The molecule has 0 radical (unpaired) electrons. The predicted octanol–water partition coefficient (Wildman–Crippen LogP) is 4.39. The molecule has 2 unspecified atom stereocenters. The second-order valence-corrected chi connectivity index (χ2v) is 7.89. The lowest BCUT2D eigenvalue weighted by Crippen LogP contribution is -2.42. The third kappa shape index (κ3) is 4.01. The maximum absolute atomic E-state index is 13.0. The smallest absolute Gasteiger partial charge is 0.255 e. The van der Waals surface area contributed by atoms with Crippen LogP contribution in [0.5, 0.6) is 0 Å². The highest BCUT2D eigenvalue weighted by Crippen LogP contribution is 2.29. The summed E-state index contributed by atoms with van der Waals surface area (Å²) in [7, 11) is 0. The summed E-state index contributed by atoms with van der Waals surface area (Å²) in [5.41, 5.74) is 1.67. The lowest BCUT2D eigenvalue weighted by molar-refractivity contribution is 0.0619. The summed E-state index contributed by atoms with van der Waals surface area (Å²) in [6.45, 7) is 8.06. The fraction of sp³-hybridized carbons (Fsp3) is 0.474. The van der Waals surface area contributed by atoms with Gasteiger partial charge in [-0.3, -0.25) is 4.79 Å². The maximum Gasteiger partial charge on any atom is 0.255 e. The number of benzene rings is 1. The van der Waals surface area contributed by atoms with Crippen molar-refractivity contribution in [3.05, 3.63) is 47.3 Å². The fourth-order valence-corrected chi connectivity index (χ4v) is 4.32. The summed E-state index contributed by atoms with van der Waals surface area (Å²) >= 11 is 1.63. The van der Waals surface area contributed by atoms with Crippen molar-refractivity contribution in [1.82, 2.24) is 10.1 Å². The molecule has 128 valence electrons. The standard InChI is InChI=1S/C19H24N2O2S/c1-13-8-14(2)11-21(10-13)19(22)17-6-4-5-7-18(17)24-12-16-9-15(3)20-23-16/h4-7,9,13-14H,8,10-12H2,1-3H3. The zero-order valence-corrected chi connectivity index (χ0v) is 15.3. The van der Waals surface area contributed by atoms with Gasteiger partial charge < -0.3 is 9.42 Å². The molecule has 0 bridgehead atoms. The van der Waals surface area contributed by atoms with E-state index >= 15 is 0 Å². The number of aryl methyl sites for hydroxylation is 1. The van der Waals surface area contributed by atoms with Crippen LogP contribution in [0.1, 0.15) is 42.1 Å². The van der Waals surface area contributed by atoms with E-state index in [2.05, 4.69) is 19.0 Å². The van der Waals surface area contributed by atoms with Crippen LogP contribution in [0.25, 0.3) is 0 Å². The number of carbonyl (C=O) groups is 1. The molecule has 1 fully saturated rings. The molecule has 1 amide bonds. The van der Waals surface area contributed by atoms with Crippen molar-refractivity contribution in [1.29, 1.82) is 0 Å². The van der Waals surface area contributed by atoms with E-state index in [0.29, 0.717) is 17.6 Å². The summed E-state index contributed by atoms with van der Waals surface area (Å²) in [5.74, 6) is 2.78. The van der Waals surface area contributed by atoms with Crippen molar-refractivity contribution in [2.24, 2.45) is 11.8 Å². The van der Waals surface area contributed by atoms with Crippen molar-refractivity contribution >= 4 is 17.7 Å². The molecule has 0 spiro atoms. The van der Waals surface area contributed by atoms with E-state index < -0.39 is 0 Å². The minimum Gasteiger partial charge on any atom is -0.360 e. The Morgan fingerprint density at radius 3 is 2.67 bits per heavy atom. The number of hydrogen-bond donors (Lipinski definition) is 0. The number of carbonyl (C=O) groups excluding carboxylic acids is 1. The molecule has 0 N–H and O–H groups in total. The van der Waals surface area contributed by atoms with Crippen molar-refractivity contribution in [3.8, 4) is 0 Å². The van der Waals surface area contributed by atoms with E-state index in [0.717, 1.165) is 35.0 Å². The van der Waals surface area contributed by atoms with E-state index in [4.69, 9.17) is 4.52 Å². The molecular weight excluding hydrogens is 320 g/mol. The van der Waals surface area contributed by atoms with Crippen LogP contribution in [0, 0.1) is 18.8 Å². The Morgan fingerprint density at radius 2 is 2.00 bits per heavy atom. The summed E-state index contributed by atoms with van der Waals surface area (Å²) in [4.78, 5) is 16.0. The summed E-state index contributed by atoms with van der Waals surface area (Å²) in [6, 6.07) is 9.79. The minimum atomic E-state index is 0.144. The maximum atomic E-state index is 13.0. The van der Waals surface area contributed by atoms with Crippen LogP contribution in [0.2, 0.25) is 0 Å². The first-order valence-electron chi connectivity index (χ1n) is 8.46. The van der Waals surface area contributed by atoms with Crippen LogP contribution in [0.3, 0.4) is 0 Å². The Labute approximate surface area is 147 Å². The van der Waals surface area contributed by atoms with E-state index in [1.165, 1.54) is 6.42 Å². The fourth-order valence-electron chi connectivity index (χ4n) is 3.40. The van der Waals surface area contributed by atoms with Gasteiger partial charge >= 0.3 is 0 Å². The number of piperidine rings is 1. The molecule has 0 aliphatic carbocycles. The quantitative estimate of drug-likeness (QED) is 0.772. The summed E-state index contributed by atoms with van der Waals surface area (Å²) < 4.78 is 5.26. The topological polar surface area (TPSA) is 46.3 Å². The normalized spacial score (nSPS) is 21.0. The molecule has 2 heterocycles. The van der Waals surface area contributed by atoms with Crippen LogP contribution in [-0.2, 0) is 5.75 Å². The average Bonchev–Trinajstić information content (AvgIpc) is 2.97. The van der Waals surface area contributed by atoms with E-state index in [1.807, 2.05) is 42.2 Å². The first-order valence-corrected chi connectivity index (χ1v) is 9.44. The molecule has 1 aromatic carbocycles. The van der Waals surface area contributed by atoms with Crippen LogP contribution >= 0.6 is 11.8 Å². The Bertz CT molecular complexity index is 703. The van der Waals surface area contributed by atoms with Crippen LogP contribution in [0.15, 0.2) is 39.8 Å². The van der Waals surface area contributed by atoms with Gasteiger partial charge in [-0.15, -0.1) is 11.8 Å². The van der Waals surface area contributed by atoms with Gasteiger partial charge in [0, 0.05) is 24.1 Å². The monoisotopic (exact) mass is 344 g/mol. The molecule has 1 aromatic heterocycles. The number of thioether (sulfide) groups is 1. The number of aromatic nitrogens is 1. The molecule has 0 saturated carbocycles. The Morgan fingerprint density at radius 1 is 1.29 bits per heavy atom. The second kappa shape index (κ2) is 7.43. The molecule has 1 saturated heterocycles. The largest absolute Gasteiger partial charge is 0.360 e. The van der Waals surface area contributed by atoms with E-state index in [1.54, 1.807) is 11.8 Å². The third-order valence-corrected chi connectivity index (χ3v) is 5.42. The van der Waals surface area contributed by atoms with Crippen molar-refractivity contribution in [3.63, 3.8) is 0 Å². The van der Waals surface area contributed by atoms with Gasteiger partial charge in [0.05, 0.1) is 17.0 Å². The second-order valence-electron chi connectivity index (χ2n) is 6.88. The van der Waals surface area contributed by atoms with Gasteiger partial charge in [-0.1, -0.05) is 31.1 Å². The van der Waals surface area contributed by atoms with Gasteiger partial charge in [-0.2, -0.15) is 0 Å². The number of nitrogens with zero attached hydrogens (tertiary/aromatic N) is 2. The Kier molecular flexibility index (Phi) is 5.29. The Balaban J connectivity index is 1.74. The zero-order chi connectivity index (χ0) is 17.1. The van der Waals surface area contributed by atoms with Gasteiger partial charge in [0.15, 0.2) is 0 Å². The first-order chi connectivity index (χ1) is 11.5. The zero-order valence-electron chi connectivity index (χ0n) is 14.5. The van der Waals surface area contributed by atoms with Crippen molar-refractivity contribution in [2.75, 3.05) is 13.1 Å². The molecule has 1 aliphatic heterocycles. The number of hydrogen-bond acceptors (Lipinski definition) is 4. The third-order valence-electron chi connectivity index (χ3n) is 4.32. The molecule has 2 aromatic rings. The first kappa shape index (κ1) is 17.1. The van der Waals surface area contributed by atoms with Crippen LogP contribution in [-0.4, -0.2) is 29.1 Å². The van der Waals surface area contributed by atoms with Crippen molar-refractivity contribution < 1.29 is 9.32 Å². The molecular formula is C19H24N2O2S. The average molecular weight is 344 g/mol. The molecule has 4 nitrogen and oxygen atoms in total. The molecule has 5 heteroatoms. The van der Waals surface area contributed by atoms with E-state index in [9.17, 15) is 4.79 Å². The van der Waals surface area contributed by atoms with Gasteiger partial charge in [-0.05, 0) is 37.3 Å². The molecule has 3 rings (SSSR count). The predicted molar refractivity (Wildman–Crippen MR) is 96.1 cm³/mol. The highest BCUT2D eigenvalue weighted by Gasteiger charge is 2.27. The highest BCUT2D eigenvalue weighted by molar-refractivity contribution is 7.98. The van der Waals surface area contributed by atoms with Crippen molar-refractivity contribution in [2.45, 2.75) is 37.8 Å². The number of likely N-dealkylation sites (tertiary alicyclic amines) is 1. The molecule has 2 atom stereocenters. The minimum absolute atomic E-state index is 0.144. The lowest BCUT2D eigenvalue weighted by Gasteiger charge is -2.35. The number of rotatable bonds is 4. The molecule has 24 heavy (non-hydrogen) atoms.